The predicted octanol–water partition coefficient (Wildman–Crippen LogP) is 4.49. The first-order valence-electron chi connectivity index (χ1n) is 10.3. The van der Waals surface area contributed by atoms with Crippen molar-refractivity contribution in [1.29, 1.82) is 0 Å². The monoisotopic (exact) mass is 457 g/mol. The number of carbonyl (C=O) groups is 1. The number of aromatic nitrogens is 3. The van der Waals surface area contributed by atoms with Crippen molar-refractivity contribution in [3.63, 3.8) is 0 Å². The summed E-state index contributed by atoms with van der Waals surface area (Å²) in [7, 11) is 1.63. The molecule has 166 valence electrons. The van der Waals surface area contributed by atoms with Gasteiger partial charge in [-0.3, -0.25) is 9.36 Å². The van der Waals surface area contributed by atoms with E-state index in [0.29, 0.717) is 11.0 Å². The van der Waals surface area contributed by atoms with Crippen molar-refractivity contribution in [2.45, 2.75) is 12.1 Å². The number of nitrogens with zero attached hydrogens (tertiary/aromatic N) is 4. The minimum atomic E-state index is -0.228. The number of hydrazone groups is 1. The predicted molar refractivity (Wildman–Crippen MR) is 131 cm³/mol. The van der Waals surface area contributed by atoms with Crippen LogP contribution in [0.4, 0.5) is 0 Å². The van der Waals surface area contributed by atoms with Crippen LogP contribution < -0.4 is 10.2 Å². The molecule has 0 aliphatic carbocycles. The number of aryl methyl sites for hydroxylation is 1. The Bertz CT molecular complexity index is 1240. The minimum Gasteiger partial charge on any atom is -0.497 e. The van der Waals surface area contributed by atoms with Gasteiger partial charge in [0.2, 0.25) is 0 Å². The third-order valence-corrected chi connectivity index (χ3v) is 5.74. The fourth-order valence-corrected chi connectivity index (χ4v) is 3.84. The van der Waals surface area contributed by atoms with Gasteiger partial charge in [0.15, 0.2) is 11.0 Å². The average molecular weight is 458 g/mol. The quantitative estimate of drug-likeness (QED) is 0.239. The Labute approximate surface area is 196 Å². The van der Waals surface area contributed by atoms with Gasteiger partial charge in [0.05, 0.1) is 19.1 Å². The summed E-state index contributed by atoms with van der Waals surface area (Å²) in [5.41, 5.74) is 6.44. The van der Waals surface area contributed by atoms with Crippen molar-refractivity contribution in [3.05, 3.63) is 90.0 Å². The summed E-state index contributed by atoms with van der Waals surface area (Å²) < 4.78 is 7.22. The Morgan fingerprint density at radius 1 is 1.03 bits per heavy atom. The van der Waals surface area contributed by atoms with Crippen LogP contribution in [0.2, 0.25) is 0 Å². The molecule has 1 heterocycles. The fraction of sp³-hybridized carbons (Fsp3) is 0.120. The Balaban J connectivity index is 1.53. The summed E-state index contributed by atoms with van der Waals surface area (Å²) in [5, 5.41) is 13.4. The second-order valence-electron chi connectivity index (χ2n) is 7.20. The van der Waals surface area contributed by atoms with Gasteiger partial charge in [0.1, 0.15) is 5.75 Å². The number of carbonyl (C=O) groups excluding carboxylic acids is 1. The first-order valence-corrected chi connectivity index (χ1v) is 11.3. The zero-order valence-electron chi connectivity index (χ0n) is 18.3. The van der Waals surface area contributed by atoms with E-state index in [1.54, 1.807) is 13.3 Å². The second kappa shape index (κ2) is 10.6. The van der Waals surface area contributed by atoms with Crippen molar-refractivity contribution in [1.82, 2.24) is 20.2 Å². The summed E-state index contributed by atoms with van der Waals surface area (Å²) in [6.45, 7) is 2.04. The smallest absolute Gasteiger partial charge is 0.250 e. The molecule has 0 spiro atoms. The van der Waals surface area contributed by atoms with Crippen LogP contribution in [0.25, 0.3) is 17.1 Å². The lowest BCUT2D eigenvalue weighted by Gasteiger charge is -2.11. The van der Waals surface area contributed by atoms with Crippen molar-refractivity contribution in [3.8, 4) is 22.8 Å². The molecule has 7 nitrogen and oxygen atoms in total. The highest BCUT2D eigenvalue weighted by atomic mass is 32.2. The molecule has 8 heteroatoms. The second-order valence-corrected chi connectivity index (χ2v) is 8.14. The summed E-state index contributed by atoms with van der Waals surface area (Å²) in [6, 6.07) is 25.3. The Kier molecular flexibility index (Phi) is 7.16. The summed E-state index contributed by atoms with van der Waals surface area (Å²) >= 11 is 1.30. The van der Waals surface area contributed by atoms with Gasteiger partial charge in [-0.15, -0.1) is 10.2 Å². The molecule has 0 radical (unpaired) electrons. The molecule has 0 fully saturated rings. The number of rotatable bonds is 8. The largest absolute Gasteiger partial charge is 0.497 e. The number of ether oxygens (including phenoxy) is 1. The molecule has 0 saturated heterocycles. The molecule has 1 aromatic heterocycles. The van der Waals surface area contributed by atoms with E-state index < -0.39 is 0 Å². The van der Waals surface area contributed by atoms with Crippen molar-refractivity contribution in [2.24, 2.45) is 5.10 Å². The van der Waals surface area contributed by atoms with E-state index in [0.717, 1.165) is 28.1 Å². The van der Waals surface area contributed by atoms with Crippen molar-refractivity contribution >= 4 is 23.9 Å². The summed E-state index contributed by atoms with van der Waals surface area (Å²) in [4.78, 5) is 12.3. The summed E-state index contributed by atoms with van der Waals surface area (Å²) in [6.07, 6.45) is 1.61. The van der Waals surface area contributed by atoms with Crippen molar-refractivity contribution < 1.29 is 9.53 Å². The van der Waals surface area contributed by atoms with Crippen LogP contribution in [0.15, 0.2) is 89.1 Å². The molecule has 1 amide bonds. The van der Waals surface area contributed by atoms with E-state index in [2.05, 4.69) is 20.7 Å². The van der Waals surface area contributed by atoms with E-state index in [1.165, 1.54) is 11.8 Å². The van der Waals surface area contributed by atoms with Gasteiger partial charge >= 0.3 is 0 Å². The molecule has 3 aromatic carbocycles. The number of methoxy groups -OCH3 is 1. The average Bonchev–Trinajstić information content (AvgIpc) is 3.28. The molecule has 0 aliphatic heterocycles. The summed E-state index contributed by atoms with van der Waals surface area (Å²) in [5.74, 6) is 1.38. The van der Waals surface area contributed by atoms with Crippen LogP contribution >= 0.6 is 11.8 Å². The lowest BCUT2D eigenvalue weighted by atomic mass is 10.1. The van der Waals surface area contributed by atoms with E-state index in [4.69, 9.17) is 4.74 Å². The molecule has 0 atom stereocenters. The van der Waals surface area contributed by atoms with Gasteiger partial charge < -0.3 is 4.74 Å². The number of benzene rings is 3. The van der Waals surface area contributed by atoms with Gasteiger partial charge in [-0.1, -0.05) is 71.9 Å². The van der Waals surface area contributed by atoms with Gasteiger partial charge in [0.25, 0.3) is 5.91 Å². The standard InChI is InChI=1S/C25H23N5O2S/c1-18-8-10-20(11-9-18)24-28-29-25(30(24)21-12-14-22(32-2)15-13-21)33-17-23(31)27-26-16-19-6-4-3-5-7-19/h3-16H,17H2,1-2H3,(H,27,31). The molecular formula is C25H23N5O2S. The van der Waals surface area contributed by atoms with E-state index in [9.17, 15) is 4.79 Å². The van der Waals surface area contributed by atoms with Gasteiger partial charge in [0, 0.05) is 11.3 Å². The number of thioether (sulfide) groups is 1. The third kappa shape index (κ3) is 5.67. The van der Waals surface area contributed by atoms with Crippen molar-refractivity contribution in [2.75, 3.05) is 12.9 Å². The maximum Gasteiger partial charge on any atom is 0.250 e. The molecule has 4 aromatic rings. The molecule has 0 aliphatic rings. The highest BCUT2D eigenvalue weighted by molar-refractivity contribution is 7.99. The molecular weight excluding hydrogens is 434 g/mol. The van der Waals surface area contributed by atoms with Crippen LogP contribution in [-0.2, 0) is 4.79 Å². The van der Waals surface area contributed by atoms with Gasteiger partial charge in [-0.25, -0.2) is 5.43 Å². The SMILES string of the molecule is COc1ccc(-n2c(SCC(=O)NN=Cc3ccccc3)nnc2-c2ccc(C)cc2)cc1. The number of hydrogen-bond donors (Lipinski definition) is 1. The highest BCUT2D eigenvalue weighted by Crippen LogP contribution is 2.29. The Hall–Kier alpha value is -3.91. The Morgan fingerprint density at radius 2 is 1.76 bits per heavy atom. The molecule has 0 bridgehead atoms. The third-order valence-electron chi connectivity index (χ3n) is 4.81. The van der Waals surface area contributed by atoms with E-state index >= 15 is 0 Å². The van der Waals surface area contributed by atoms with Crippen LogP contribution in [0.3, 0.4) is 0 Å². The maximum atomic E-state index is 12.3. The normalized spacial score (nSPS) is 11.0. The molecule has 0 unspecified atom stereocenters. The zero-order valence-corrected chi connectivity index (χ0v) is 19.1. The topological polar surface area (TPSA) is 81.4 Å². The first kappa shape index (κ1) is 22.3. The van der Waals surface area contributed by atoms with Crippen LogP contribution in [0, 0.1) is 6.92 Å². The van der Waals surface area contributed by atoms with E-state index in [1.807, 2.05) is 90.4 Å². The van der Waals surface area contributed by atoms with Crippen LogP contribution in [0.1, 0.15) is 11.1 Å². The zero-order chi connectivity index (χ0) is 23.0. The lowest BCUT2D eigenvalue weighted by molar-refractivity contribution is -0.118. The highest BCUT2D eigenvalue weighted by Gasteiger charge is 2.17. The Morgan fingerprint density at radius 3 is 2.45 bits per heavy atom. The molecule has 4 rings (SSSR count). The van der Waals surface area contributed by atoms with Crippen LogP contribution in [0.5, 0.6) is 5.75 Å². The maximum absolute atomic E-state index is 12.3. The fourth-order valence-electron chi connectivity index (χ4n) is 3.10. The molecule has 0 saturated carbocycles. The molecule has 33 heavy (non-hydrogen) atoms. The molecule has 1 N–H and O–H groups in total. The number of amides is 1. The van der Waals surface area contributed by atoms with Crippen LogP contribution in [-0.4, -0.2) is 39.7 Å². The number of hydrogen-bond acceptors (Lipinski definition) is 6. The van der Waals surface area contributed by atoms with Gasteiger partial charge in [-0.2, -0.15) is 5.10 Å². The first-order chi connectivity index (χ1) is 16.1. The lowest BCUT2D eigenvalue weighted by Crippen LogP contribution is -2.20. The minimum absolute atomic E-state index is 0.147. The number of nitrogens with one attached hydrogen (secondary N) is 1. The van der Waals surface area contributed by atoms with Gasteiger partial charge in [-0.05, 0) is 36.8 Å². The van der Waals surface area contributed by atoms with E-state index in [-0.39, 0.29) is 11.7 Å².